The molecule has 1 saturated heterocycles. The molecule has 1 unspecified atom stereocenters. The molecule has 18 heavy (non-hydrogen) atoms. The van der Waals surface area contributed by atoms with Crippen molar-refractivity contribution in [2.24, 2.45) is 0 Å². The van der Waals surface area contributed by atoms with Gasteiger partial charge in [-0.1, -0.05) is 18.2 Å². The van der Waals surface area contributed by atoms with Gasteiger partial charge in [0, 0.05) is 12.2 Å². The first kappa shape index (κ1) is 11.0. The van der Waals surface area contributed by atoms with E-state index in [-0.39, 0.29) is 24.3 Å². The van der Waals surface area contributed by atoms with E-state index < -0.39 is 6.04 Å². The van der Waals surface area contributed by atoms with Crippen LogP contribution < -0.4 is 16.1 Å². The Hall–Kier alpha value is -2.08. The highest BCUT2D eigenvalue weighted by Crippen LogP contribution is 2.31. The SMILES string of the molecule is O=C(N[C@@H]1CONC1=O)C1CNc2ccccc21. The molecule has 2 heterocycles. The fourth-order valence-corrected chi connectivity index (χ4v) is 2.24. The molecule has 0 radical (unpaired) electrons. The maximum atomic E-state index is 12.1. The van der Waals surface area contributed by atoms with Crippen LogP contribution in [0, 0.1) is 0 Å². The van der Waals surface area contributed by atoms with Gasteiger partial charge in [0.05, 0.1) is 5.92 Å². The van der Waals surface area contributed by atoms with E-state index in [0.717, 1.165) is 11.3 Å². The van der Waals surface area contributed by atoms with Gasteiger partial charge in [-0.05, 0) is 11.6 Å². The van der Waals surface area contributed by atoms with E-state index in [1.165, 1.54) is 0 Å². The minimum atomic E-state index is -0.592. The summed E-state index contributed by atoms with van der Waals surface area (Å²) < 4.78 is 0. The van der Waals surface area contributed by atoms with Crippen LogP contribution in [0.3, 0.4) is 0 Å². The molecule has 0 bridgehead atoms. The minimum Gasteiger partial charge on any atom is -0.384 e. The van der Waals surface area contributed by atoms with Crippen LogP contribution >= 0.6 is 0 Å². The quantitative estimate of drug-likeness (QED) is 0.673. The van der Waals surface area contributed by atoms with Gasteiger partial charge in [-0.15, -0.1) is 0 Å². The topological polar surface area (TPSA) is 79.5 Å². The molecule has 0 aromatic heterocycles. The third kappa shape index (κ3) is 1.80. The minimum absolute atomic E-state index is 0.155. The van der Waals surface area contributed by atoms with Crippen molar-refractivity contribution in [2.75, 3.05) is 18.5 Å². The summed E-state index contributed by atoms with van der Waals surface area (Å²) in [4.78, 5) is 28.2. The first-order valence-corrected chi connectivity index (χ1v) is 5.80. The second-order valence-corrected chi connectivity index (χ2v) is 4.36. The van der Waals surface area contributed by atoms with Crippen LogP contribution in [0.5, 0.6) is 0 Å². The molecule has 2 aliphatic heterocycles. The molecular weight excluding hydrogens is 234 g/mol. The fourth-order valence-electron chi connectivity index (χ4n) is 2.24. The number of amides is 2. The zero-order chi connectivity index (χ0) is 12.5. The lowest BCUT2D eigenvalue weighted by atomic mass is 10.0. The Bertz CT molecular complexity index is 503. The molecule has 0 saturated carbocycles. The summed E-state index contributed by atoms with van der Waals surface area (Å²) in [5.41, 5.74) is 4.16. The molecule has 2 atom stereocenters. The van der Waals surface area contributed by atoms with Gasteiger partial charge in [0.25, 0.3) is 5.91 Å². The predicted octanol–water partition coefficient (Wildman–Crippen LogP) is -0.258. The van der Waals surface area contributed by atoms with Crippen LogP contribution in [-0.2, 0) is 14.4 Å². The van der Waals surface area contributed by atoms with Gasteiger partial charge in [-0.2, -0.15) is 0 Å². The second kappa shape index (κ2) is 4.30. The third-order valence-corrected chi connectivity index (χ3v) is 3.21. The third-order valence-electron chi connectivity index (χ3n) is 3.21. The number of para-hydroxylation sites is 1. The van der Waals surface area contributed by atoms with Crippen molar-refractivity contribution in [1.29, 1.82) is 0 Å². The summed E-state index contributed by atoms with van der Waals surface area (Å²) in [5.74, 6) is -0.713. The Kier molecular flexibility index (Phi) is 2.64. The number of rotatable bonds is 2. The van der Waals surface area contributed by atoms with E-state index in [1.54, 1.807) is 0 Å². The average molecular weight is 247 g/mol. The fraction of sp³-hybridized carbons (Fsp3) is 0.333. The number of anilines is 1. The van der Waals surface area contributed by atoms with Gasteiger partial charge in [-0.3, -0.25) is 14.4 Å². The van der Waals surface area contributed by atoms with E-state index in [0.29, 0.717) is 6.54 Å². The number of carbonyl (C=O) groups excluding carboxylic acids is 2. The van der Waals surface area contributed by atoms with Crippen LogP contribution in [0.1, 0.15) is 11.5 Å². The molecule has 6 heteroatoms. The maximum absolute atomic E-state index is 12.1. The van der Waals surface area contributed by atoms with E-state index in [9.17, 15) is 9.59 Å². The first-order valence-electron chi connectivity index (χ1n) is 5.80. The standard InChI is InChI=1S/C12H13N3O3/c16-11(14-10-6-18-15-12(10)17)8-5-13-9-4-2-1-3-7(8)9/h1-4,8,10,13H,5-6H2,(H,14,16)(H,15,17)/t8?,10-/m1/s1. The summed E-state index contributed by atoms with van der Waals surface area (Å²) >= 11 is 0. The molecule has 3 rings (SSSR count). The zero-order valence-corrected chi connectivity index (χ0v) is 9.60. The maximum Gasteiger partial charge on any atom is 0.268 e. The molecule has 1 fully saturated rings. The number of carbonyl (C=O) groups is 2. The summed E-state index contributed by atoms with van der Waals surface area (Å²) in [7, 11) is 0. The van der Waals surface area contributed by atoms with Crippen LogP contribution in [0.25, 0.3) is 0 Å². The molecule has 3 N–H and O–H groups in total. The molecule has 94 valence electrons. The van der Waals surface area contributed by atoms with Crippen molar-refractivity contribution in [2.45, 2.75) is 12.0 Å². The highest BCUT2D eigenvalue weighted by Gasteiger charge is 2.33. The van der Waals surface area contributed by atoms with Crippen molar-refractivity contribution in [3.05, 3.63) is 29.8 Å². The van der Waals surface area contributed by atoms with Crippen molar-refractivity contribution in [1.82, 2.24) is 10.8 Å². The average Bonchev–Trinajstić information content (AvgIpc) is 2.96. The molecule has 2 aliphatic rings. The van der Waals surface area contributed by atoms with Crippen LogP contribution in [-0.4, -0.2) is 31.0 Å². The highest BCUT2D eigenvalue weighted by molar-refractivity contribution is 5.93. The largest absolute Gasteiger partial charge is 0.384 e. The summed E-state index contributed by atoms with van der Waals surface area (Å²) in [5, 5.41) is 5.87. The van der Waals surface area contributed by atoms with Gasteiger partial charge >= 0.3 is 0 Å². The molecule has 0 spiro atoms. The molecular formula is C12H13N3O3. The lowest BCUT2D eigenvalue weighted by Gasteiger charge is -2.13. The number of benzene rings is 1. The lowest BCUT2D eigenvalue weighted by Crippen LogP contribution is -2.44. The first-order chi connectivity index (χ1) is 8.75. The van der Waals surface area contributed by atoms with E-state index in [1.807, 2.05) is 24.3 Å². The van der Waals surface area contributed by atoms with Gasteiger partial charge in [0.2, 0.25) is 5.91 Å². The smallest absolute Gasteiger partial charge is 0.268 e. The van der Waals surface area contributed by atoms with Crippen molar-refractivity contribution in [3.63, 3.8) is 0 Å². The normalized spacial score (nSPS) is 25.2. The Balaban J connectivity index is 1.73. The second-order valence-electron chi connectivity index (χ2n) is 4.36. The van der Waals surface area contributed by atoms with Crippen molar-refractivity contribution < 1.29 is 14.4 Å². The zero-order valence-electron chi connectivity index (χ0n) is 9.60. The van der Waals surface area contributed by atoms with Crippen molar-refractivity contribution >= 4 is 17.5 Å². The van der Waals surface area contributed by atoms with E-state index in [2.05, 4.69) is 16.1 Å². The summed E-state index contributed by atoms with van der Waals surface area (Å²) in [6.07, 6.45) is 0. The van der Waals surface area contributed by atoms with E-state index >= 15 is 0 Å². The van der Waals surface area contributed by atoms with Crippen LogP contribution in [0.2, 0.25) is 0 Å². The molecule has 1 aromatic rings. The highest BCUT2D eigenvalue weighted by atomic mass is 16.7. The molecule has 6 nitrogen and oxygen atoms in total. The van der Waals surface area contributed by atoms with Gasteiger partial charge < -0.3 is 10.6 Å². The Morgan fingerprint density at radius 1 is 1.39 bits per heavy atom. The number of hydroxylamine groups is 1. The number of hydrogen-bond acceptors (Lipinski definition) is 4. The lowest BCUT2D eigenvalue weighted by molar-refractivity contribution is -0.129. The molecule has 2 amide bonds. The monoisotopic (exact) mass is 247 g/mol. The Labute approximate surface area is 104 Å². The molecule has 1 aromatic carbocycles. The Morgan fingerprint density at radius 2 is 2.22 bits per heavy atom. The predicted molar refractivity (Wildman–Crippen MR) is 63.7 cm³/mol. The van der Waals surface area contributed by atoms with Gasteiger partial charge in [0.1, 0.15) is 12.6 Å². The van der Waals surface area contributed by atoms with Gasteiger partial charge in [0.15, 0.2) is 0 Å². The van der Waals surface area contributed by atoms with Gasteiger partial charge in [-0.25, -0.2) is 5.48 Å². The van der Waals surface area contributed by atoms with Crippen LogP contribution in [0.4, 0.5) is 5.69 Å². The van der Waals surface area contributed by atoms with E-state index in [4.69, 9.17) is 4.84 Å². The van der Waals surface area contributed by atoms with Crippen molar-refractivity contribution in [3.8, 4) is 0 Å². The summed E-state index contributed by atoms with van der Waals surface area (Å²) in [6, 6.07) is 7.09. The van der Waals surface area contributed by atoms with Crippen LogP contribution in [0.15, 0.2) is 24.3 Å². The summed E-state index contributed by atoms with van der Waals surface area (Å²) in [6.45, 7) is 0.729. The Morgan fingerprint density at radius 3 is 3.00 bits per heavy atom. The number of nitrogens with one attached hydrogen (secondary N) is 3. The number of hydrogen-bond donors (Lipinski definition) is 3. The molecule has 0 aliphatic carbocycles. The number of fused-ring (bicyclic) bond motifs is 1.